The molecule has 0 radical (unpaired) electrons. The number of nitrogens with two attached hydrogens (primary N) is 1. The Labute approximate surface area is 71.3 Å². The van der Waals surface area contributed by atoms with E-state index in [0.29, 0.717) is 0 Å². The van der Waals surface area contributed by atoms with Crippen LogP contribution in [-0.2, 0) is 0 Å². The summed E-state index contributed by atoms with van der Waals surface area (Å²) in [6, 6.07) is 6.25. The lowest BCUT2D eigenvalue weighted by Crippen LogP contribution is -2.11. The normalized spacial score (nSPS) is 10.1. The van der Waals surface area contributed by atoms with Gasteiger partial charge in [-0.25, -0.2) is 0 Å². The van der Waals surface area contributed by atoms with E-state index in [1.54, 1.807) is 0 Å². The van der Waals surface area contributed by atoms with E-state index in [1.165, 1.54) is 23.1 Å². The first kappa shape index (κ1) is 8.59. The van der Waals surface area contributed by atoms with Gasteiger partial charge in [0.15, 0.2) is 0 Å². The third-order valence-corrected chi connectivity index (χ3v) is 2.26. The summed E-state index contributed by atoms with van der Waals surface area (Å²) in [5, 5.41) is 0. The van der Waals surface area contributed by atoms with Crippen LogP contribution in [0.15, 0.2) is 23.1 Å². The van der Waals surface area contributed by atoms with Crippen LogP contribution in [0, 0.1) is 13.8 Å². The number of hydrazine groups is 1. The van der Waals surface area contributed by atoms with E-state index in [4.69, 9.17) is 5.84 Å². The Balaban J connectivity index is 2.86. The van der Waals surface area contributed by atoms with Gasteiger partial charge in [0.25, 0.3) is 0 Å². The quantitative estimate of drug-likeness (QED) is 0.401. The molecule has 0 spiro atoms. The number of hydrogen-bond acceptors (Lipinski definition) is 3. The largest absolute Gasteiger partial charge is 0.261 e. The lowest BCUT2D eigenvalue weighted by atomic mass is 10.1. The summed E-state index contributed by atoms with van der Waals surface area (Å²) in [5.41, 5.74) is 2.61. The molecule has 0 aliphatic carbocycles. The zero-order chi connectivity index (χ0) is 8.27. The van der Waals surface area contributed by atoms with Crippen molar-refractivity contribution in [3.8, 4) is 0 Å². The molecular weight excluding hydrogens is 156 g/mol. The molecule has 0 aliphatic heterocycles. The lowest BCUT2D eigenvalue weighted by molar-refractivity contribution is 1.11. The summed E-state index contributed by atoms with van der Waals surface area (Å²) in [4.78, 5) is 3.70. The zero-order valence-electron chi connectivity index (χ0n) is 6.72. The number of hydrogen-bond donors (Lipinski definition) is 2. The van der Waals surface area contributed by atoms with Crippen LogP contribution < -0.4 is 10.7 Å². The van der Waals surface area contributed by atoms with Gasteiger partial charge < -0.3 is 0 Å². The Morgan fingerprint density at radius 3 is 2.55 bits per heavy atom. The summed E-state index contributed by atoms with van der Waals surface area (Å²) >= 11 is 1.43. The third-order valence-electron chi connectivity index (χ3n) is 1.66. The van der Waals surface area contributed by atoms with Gasteiger partial charge in [-0.1, -0.05) is 6.07 Å². The van der Waals surface area contributed by atoms with Crippen LogP contribution in [0.2, 0.25) is 0 Å². The standard InChI is InChI=1S/C8H12N2S/c1-6-3-4-8(11-10-9)5-7(6)2/h3-5,10H,9H2,1-2H3. The van der Waals surface area contributed by atoms with E-state index in [1.807, 2.05) is 6.07 Å². The Hall–Kier alpha value is -0.510. The molecule has 0 saturated heterocycles. The highest BCUT2D eigenvalue weighted by molar-refractivity contribution is 7.97. The smallest absolute Gasteiger partial charge is 0.0243 e. The number of rotatable bonds is 2. The van der Waals surface area contributed by atoms with Crippen molar-refractivity contribution in [1.82, 2.24) is 4.83 Å². The molecule has 2 nitrogen and oxygen atoms in total. The molecule has 60 valence electrons. The Morgan fingerprint density at radius 1 is 1.27 bits per heavy atom. The van der Waals surface area contributed by atoms with Crippen molar-refractivity contribution in [3.63, 3.8) is 0 Å². The van der Waals surface area contributed by atoms with Crippen LogP contribution in [0.5, 0.6) is 0 Å². The average Bonchev–Trinajstić information content (AvgIpc) is 1.98. The summed E-state index contributed by atoms with van der Waals surface area (Å²) in [5.74, 6) is 5.16. The molecule has 0 fully saturated rings. The van der Waals surface area contributed by atoms with Gasteiger partial charge in [0, 0.05) is 4.90 Å². The second-order valence-corrected chi connectivity index (χ2v) is 3.38. The van der Waals surface area contributed by atoms with Gasteiger partial charge in [-0.05, 0) is 49.1 Å². The fourth-order valence-electron chi connectivity index (χ4n) is 0.845. The topological polar surface area (TPSA) is 38.0 Å². The van der Waals surface area contributed by atoms with E-state index in [9.17, 15) is 0 Å². The highest BCUT2D eigenvalue weighted by Gasteiger charge is 1.94. The summed E-state index contributed by atoms with van der Waals surface area (Å²) < 4.78 is 0. The van der Waals surface area contributed by atoms with Gasteiger partial charge in [-0.15, -0.1) is 0 Å². The number of benzene rings is 1. The van der Waals surface area contributed by atoms with Crippen molar-refractivity contribution in [3.05, 3.63) is 29.3 Å². The molecule has 0 unspecified atom stereocenters. The molecule has 0 bridgehead atoms. The maximum atomic E-state index is 5.16. The number of nitrogens with one attached hydrogen (secondary N) is 1. The van der Waals surface area contributed by atoms with Gasteiger partial charge in [0.05, 0.1) is 0 Å². The molecule has 1 rings (SSSR count). The SMILES string of the molecule is Cc1ccc(SNN)cc1C. The second kappa shape index (κ2) is 3.76. The van der Waals surface area contributed by atoms with E-state index in [-0.39, 0.29) is 0 Å². The highest BCUT2D eigenvalue weighted by atomic mass is 32.2. The fraction of sp³-hybridized carbons (Fsp3) is 0.250. The predicted octanol–water partition coefficient (Wildman–Crippen LogP) is 1.77. The summed E-state index contributed by atoms with van der Waals surface area (Å²) in [6.07, 6.45) is 0. The molecule has 3 N–H and O–H groups in total. The monoisotopic (exact) mass is 168 g/mol. The summed E-state index contributed by atoms with van der Waals surface area (Å²) in [7, 11) is 0. The molecule has 0 aromatic heterocycles. The molecule has 0 aliphatic rings. The van der Waals surface area contributed by atoms with Crippen LogP contribution in [0.1, 0.15) is 11.1 Å². The molecule has 0 amide bonds. The minimum Gasteiger partial charge on any atom is -0.261 e. The first-order valence-corrected chi connectivity index (χ1v) is 4.25. The van der Waals surface area contributed by atoms with Crippen molar-refractivity contribution in [2.45, 2.75) is 18.7 Å². The van der Waals surface area contributed by atoms with Crippen LogP contribution in [0.25, 0.3) is 0 Å². The highest BCUT2D eigenvalue weighted by Crippen LogP contribution is 2.17. The molecule has 0 atom stereocenters. The summed E-state index contributed by atoms with van der Waals surface area (Å²) in [6.45, 7) is 4.19. The molecule has 3 heteroatoms. The molecule has 1 aromatic carbocycles. The maximum Gasteiger partial charge on any atom is 0.0243 e. The van der Waals surface area contributed by atoms with Crippen LogP contribution in [0.4, 0.5) is 0 Å². The van der Waals surface area contributed by atoms with Gasteiger partial charge in [0.1, 0.15) is 0 Å². The molecule has 11 heavy (non-hydrogen) atoms. The van der Waals surface area contributed by atoms with Crippen LogP contribution in [0.3, 0.4) is 0 Å². The number of aryl methyl sites for hydroxylation is 2. The molecule has 1 aromatic rings. The maximum absolute atomic E-state index is 5.16. The van der Waals surface area contributed by atoms with Gasteiger partial charge in [0.2, 0.25) is 0 Å². The first-order valence-electron chi connectivity index (χ1n) is 3.43. The van der Waals surface area contributed by atoms with E-state index < -0.39 is 0 Å². The Morgan fingerprint density at radius 2 is 2.00 bits per heavy atom. The van der Waals surface area contributed by atoms with Crippen molar-refractivity contribution in [2.75, 3.05) is 0 Å². The van der Waals surface area contributed by atoms with E-state index >= 15 is 0 Å². The minimum absolute atomic E-state index is 1.15. The van der Waals surface area contributed by atoms with Crippen LogP contribution >= 0.6 is 11.9 Å². The van der Waals surface area contributed by atoms with Crippen LogP contribution in [-0.4, -0.2) is 0 Å². The van der Waals surface area contributed by atoms with Crippen molar-refractivity contribution in [2.24, 2.45) is 5.84 Å². The average molecular weight is 168 g/mol. The van der Waals surface area contributed by atoms with Crippen molar-refractivity contribution in [1.29, 1.82) is 0 Å². The van der Waals surface area contributed by atoms with Gasteiger partial charge in [-0.3, -0.25) is 5.84 Å². The third kappa shape index (κ3) is 2.22. The van der Waals surface area contributed by atoms with E-state index in [2.05, 4.69) is 30.8 Å². The molecule has 0 saturated carbocycles. The molecule has 0 heterocycles. The Kier molecular flexibility index (Phi) is 2.93. The molecular formula is C8H12N2S. The van der Waals surface area contributed by atoms with Gasteiger partial charge in [-0.2, -0.15) is 4.83 Å². The zero-order valence-corrected chi connectivity index (χ0v) is 7.53. The second-order valence-electron chi connectivity index (χ2n) is 2.47. The van der Waals surface area contributed by atoms with Crippen molar-refractivity contribution < 1.29 is 0 Å². The van der Waals surface area contributed by atoms with E-state index in [0.717, 1.165) is 4.90 Å². The lowest BCUT2D eigenvalue weighted by Gasteiger charge is -2.02. The first-order chi connectivity index (χ1) is 5.24. The predicted molar refractivity (Wildman–Crippen MR) is 49.1 cm³/mol. The van der Waals surface area contributed by atoms with Gasteiger partial charge >= 0.3 is 0 Å². The fourth-order valence-corrected chi connectivity index (χ4v) is 1.35. The minimum atomic E-state index is 1.15. The Bertz CT molecular complexity index is 248. The van der Waals surface area contributed by atoms with Crippen molar-refractivity contribution >= 4 is 11.9 Å².